The number of hydrogen-bond acceptors (Lipinski definition) is 4. The van der Waals surface area contributed by atoms with Crippen molar-refractivity contribution in [2.45, 2.75) is 45.4 Å². The number of aliphatic hydroxyl groups is 1. The van der Waals surface area contributed by atoms with E-state index < -0.39 is 6.10 Å². The molecule has 1 aliphatic rings. The van der Waals surface area contributed by atoms with Crippen LogP contribution in [-0.2, 0) is 11.3 Å². The van der Waals surface area contributed by atoms with Crippen LogP contribution in [0, 0.1) is 13.8 Å². The molecule has 3 rings (SSSR count). The van der Waals surface area contributed by atoms with Gasteiger partial charge in [0, 0.05) is 31.3 Å². The molecule has 2 aromatic rings. The van der Waals surface area contributed by atoms with Crippen molar-refractivity contribution >= 4 is 11.6 Å². The second kappa shape index (κ2) is 10.3. The lowest BCUT2D eigenvalue weighted by atomic mass is 10.1. The molecule has 1 heterocycles. The molecule has 2 unspecified atom stereocenters. The van der Waals surface area contributed by atoms with Gasteiger partial charge in [0.1, 0.15) is 18.5 Å². The van der Waals surface area contributed by atoms with Gasteiger partial charge in [-0.2, -0.15) is 0 Å². The van der Waals surface area contributed by atoms with Crippen LogP contribution in [0.3, 0.4) is 0 Å². The van der Waals surface area contributed by atoms with Gasteiger partial charge >= 0.3 is 0 Å². The Morgan fingerprint density at radius 1 is 1.18 bits per heavy atom. The fourth-order valence-corrected chi connectivity index (χ4v) is 3.81. The maximum atomic E-state index is 10.6. The fourth-order valence-electron chi connectivity index (χ4n) is 3.69. The van der Waals surface area contributed by atoms with Crippen LogP contribution in [0.5, 0.6) is 5.75 Å². The Kier molecular flexibility index (Phi) is 7.74. The van der Waals surface area contributed by atoms with E-state index in [1.807, 2.05) is 50.2 Å². The Labute approximate surface area is 173 Å². The summed E-state index contributed by atoms with van der Waals surface area (Å²) in [7, 11) is 0. The van der Waals surface area contributed by atoms with Crippen molar-refractivity contribution in [3.05, 3.63) is 64.2 Å². The van der Waals surface area contributed by atoms with Crippen molar-refractivity contribution in [2.24, 2.45) is 0 Å². The zero-order valence-corrected chi connectivity index (χ0v) is 17.5. The van der Waals surface area contributed by atoms with Crippen LogP contribution in [0.15, 0.2) is 42.5 Å². The molecule has 2 atom stereocenters. The van der Waals surface area contributed by atoms with Gasteiger partial charge in [0.2, 0.25) is 0 Å². The number of nitrogens with zero attached hydrogens (tertiary/aromatic N) is 1. The minimum atomic E-state index is -0.575. The van der Waals surface area contributed by atoms with Gasteiger partial charge in [-0.05, 0) is 67.6 Å². The summed E-state index contributed by atoms with van der Waals surface area (Å²) in [6, 6.07) is 14.0. The zero-order chi connectivity index (χ0) is 19.9. The predicted octanol–water partition coefficient (Wildman–Crippen LogP) is 4.38. The third kappa shape index (κ3) is 6.78. The summed E-state index contributed by atoms with van der Waals surface area (Å²) in [5.41, 5.74) is 3.49. The van der Waals surface area contributed by atoms with Gasteiger partial charge in [0.25, 0.3) is 0 Å². The number of aliphatic hydroxyl groups excluding tert-OH is 1. The average molecular weight is 404 g/mol. The third-order valence-corrected chi connectivity index (χ3v) is 5.16. The van der Waals surface area contributed by atoms with E-state index >= 15 is 0 Å². The normalized spacial score (nSPS) is 17.8. The Hall–Kier alpha value is -1.59. The van der Waals surface area contributed by atoms with E-state index in [1.54, 1.807) is 0 Å². The minimum Gasteiger partial charge on any atom is -0.491 e. The number of benzene rings is 2. The van der Waals surface area contributed by atoms with Crippen molar-refractivity contribution in [2.75, 3.05) is 26.3 Å². The van der Waals surface area contributed by atoms with Crippen LogP contribution in [0.4, 0.5) is 0 Å². The molecule has 1 fully saturated rings. The molecule has 5 heteroatoms. The molecule has 1 aliphatic heterocycles. The second-order valence-corrected chi connectivity index (χ2v) is 8.18. The van der Waals surface area contributed by atoms with Gasteiger partial charge in [-0.25, -0.2) is 0 Å². The summed E-state index contributed by atoms with van der Waals surface area (Å²) in [4.78, 5) is 2.24. The lowest BCUT2D eigenvalue weighted by Gasteiger charge is -2.27. The van der Waals surface area contributed by atoms with Crippen LogP contribution in [0.25, 0.3) is 0 Å². The van der Waals surface area contributed by atoms with Crippen LogP contribution in [0.2, 0.25) is 5.02 Å². The van der Waals surface area contributed by atoms with Crippen LogP contribution in [0.1, 0.15) is 29.5 Å². The Morgan fingerprint density at radius 3 is 2.54 bits per heavy atom. The van der Waals surface area contributed by atoms with Crippen LogP contribution < -0.4 is 4.74 Å². The first-order chi connectivity index (χ1) is 13.5. The van der Waals surface area contributed by atoms with Crippen molar-refractivity contribution in [3.8, 4) is 5.75 Å². The maximum absolute atomic E-state index is 10.6. The highest BCUT2D eigenvalue weighted by atomic mass is 35.5. The fraction of sp³-hybridized carbons (Fsp3) is 0.478. The highest BCUT2D eigenvalue weighted by Crippen LogP contribution is 2.18. The quantitative estimate of drug-likeness (QED) is 0.674. The standard InChI is InChI=1S/C23H30ClNO3/c1-17-10-18(2)12-23(11-17)28-16-21(26)14-25(15-22-4-3-9-27-22)13-19-5-7-20(24)8-6-19/h5-8,10-12,21-22,26H,3-4,9,13-16H2,1-2H3. The topological polar surface area (TPSA) is 41.9 Å². The molecule has 0 amide bonds. The van der Waals surface area contributed by atoms with E-state index in [0.717, 1.165) is 54.4 Å². The van der Waals surface area contributed by atoms with E-state index in [0.29, 0.717) is 6.54 Å². The largest absolute Gasteiger partial charge is 0.491 e. The molecular formula is C23H30ClNO3. The predicted molar refractivity (Wildman–Crippen MR) is 113 cm³/mol. The molecule has 0 aliphatic carbocycles. The first-order valence-corrected chi connectivity index (χ1v) is 10.3. The third-order valence-electron chi connectivity index (χ3n) is 4.91. The number of rotatable bonds is 9. The summed E-state index contributed by atoms with van der Waals surface area (Å²) in [6.07, 6.45) is 1.85. The first-order valence-electron chi connectivity index (χ1n) is 9.95. The van der Waals surface area contributed by atoms with Crippen molar-refractivity contribution in [1.29, 1.82) is 0 Å². The molecule has 0 bridgehead atoms. The van der Waals surface area contributed by atoms with Crippen LogP contribution >= 0.6 is 11.6 Å². The zero-order valence-electron chi connectivity index (χ0n) is 16.7. The number of hydrogen-bond donors (Lipinski definition) is 1. The summed E-state index contributed by atoms with van der Waals surface area (Å²) >= 11 is 6.00. The van der Waals surface area contributed by atoms with E-state index in [-0.39, 0.29) is 12.7 Å². The molecule has 1 saturated heterocycles. The molecule has 4 nitrogen and oxygen atoms in total. The average Bonchev–Trinajstić information content (AvgIpc) is 3.14. The molecule has 0 saturated carbocycles. The molecule has 0 radical (unpaired) electrons. The molecule has 2 aromatic carbocycles. The number of aryl methyl sites for hydroxylation is 2. The summed E-state index contributed by atoms with van der Waals surface area (Å²) in [5, 5.41) is 11.3. The second-order valence-electron chi connectivity index (χ2n) is 7.74. The van der Waals surface area contributed by atoms with Gasteiger partial charge < -0.3 is 14.6 Å². The monoisotopic (exact) mass is 403 g/mol. The lowest BCUT2D eigenvalue weighted by molar-refractivity contribution is 0.0313. The smallest absolute Gasteiger partial charge is 0.119 e. The number of ether oxygens (including phenoxy) is 2. The van der Waals surface area contributed by atoms with E-state index in [2.05, 4.69) is 11.0 Å². The highest BCUT2D eigenvalue weighted by molar-refractivity contribution is 6.30. The highest BCUT2D eigenvalue weighted by Gasteiger charge is 2.21. The first kappa shape index (κ1) is 21.1. The van der Waals surface area contributed by atoms with Crippen molar-refractivity contribution in [3.63, 3.8) is 0 Å². The van der Waals surface area contributed by atoms with E-state index in [1.165, 1.54) is 5.56 Å². The molecule has 0 aromatic heterocycles. The van der Waals surface area contributed by atoms with Gasteiger partial charge in [-0.1, -0.05) is 29.8 Å². The SMILES string of the molecule is Cc1cc(C)cc(OCC(O)CN(Cc2ccc(Cl)cc2)CC2CCCO2)c1. The minimum absolute atomic E-state index is 0.236. The maximum Gasteiger partial charge on any atom is 0.119 e. The van der Waals surface area contributed by atoms with Gasteiger partial charge in [0.15, 0.2) is 0 Å². The molecule has 1 N–H and O–H groups in total. The van der Waals surface area contributed by atoms with E-state index in [4.69, 9.17) is 21.1 Å². The molecule has 0 spiro atoms. The summed E-state index contributed by atoms with van der Waals surface area (Å²) < 4.78 is 11.6. The lowest BCUT2D eigenvalue weighted by Crippen LogP contribution is -2.39. The molecule has 28 heavy (non-hydrogen) atoms. The summed E-state index contributed by atoms with van der Waals surface area (Å²) in [6.45, 7) is 7.29. The van der Waals surface area contributed by atoms with Gasteiger partial charge in [-0.3, -0.25) is 4.90 Å². The Balaban J connectivity index is 1.57. The van der Waals surface area contributed by atoms with Crippen molar-refractivity contribution in [1.82, 2.24) is 4.90 Å². The molecular weight excluding hydrogens is 374 g/mol. The summed E-state index contributed by atoms with van der Waals surface area (Å²) in [5.74, 6) is 0.805. The van der Waals surface area contributed by atoms with Crippen molar-refractivity contribution < 1.29 is 14.6 Å². The molecule has 152 valence electrons. The van der Waals surface area contributed by atoms with Gasteiger partial charge in [0.05, 0.1) is 6.10 Å². The van der Waals surface area contributed by atoms with E-state index in [9.17, 15) is 5.11 Å². The van der Waals surface area contributed by atoms with Gasteiger partial charge in [-0.15, -0.1) is 0 Å². The number of halogens is 1. The Morgan fingerprint density at radius 2 is 1.89 bits per heavy atom. The van der Waals surface area contributed by atoms with Crippen LogP contribution in [-0.4, -0.2) is 48.5 Å². The Bertz CT molecular complexity index is 724.